The quantitative estimate of drug-likeness (QED) is 0.749. The van der Waals surface area contributed by atoms with E-state index in [-0.39, 0.29) is 5.91 Å². The lowest BCUT2D eigenvalue weighted by Crippen LogP contribution is -2.19. The van der Waals surface area contributed by atoms with E-state index in [9.17, 15) is 4.79 Å². The molecule has 0 bridgehead atoms. The molecule has 1 aliphatic heterocycles. The molecule has 5 nitrogen and oxygen atoms in total. The van der Waals surface area contributed by atoms with Gasteiger partial charge < -0.3 is 19.7 Å². The summed E-state index contributed by atoms with van der Waals surface area (Å²) in [5, 5.41) is 2.94. The highest BCUT2D eigenvalue weighted by atomic mass is 16.5. The van der Waals surface area contributed by atoms with E-state index in [1.807, 2.05) is 31.2 Å². The Morgan fingerprint density at radius 2 is 2.04 bits per heavy atom. The Labute approximate surface area is 160 Å². The van der Waals surface area contributed by atoms with Gasteiger partial charge in [0.25, 0.3) is 0 Å². The van der Waals surface area contributed by atoms with Gasteiger partial charge >= 0.3 is 0 Å². The van der Waals surface area contributed by atoms with Gasteiger partial charge in [0.2, 0.25) is 5.91 Å². The first-order valence-corrected chi connectivity index (χ1v) is 9.32. The molecule has 142 valence electrons. The van der Waals surface area contributed by atoms with E-state index in [1.165, 1.54) is 17.3 Å². The molecule has 0 atom stereocenters. The van der Waals surface area contributed by atoms with Crippen molar-refractivity contribution in [2.45, 2.75) is 20.3 Å². The standard InChI is InChI=1S/C22H26N2O3/c1-4-24-13-12-17-8-9-18(15-19(17)24)23-22(25)11-7-16-6-10-20(26-3)21(14-16)27-5-2/h6-11,14-15H,4-5,12-13H2,1-3H3,(H,23,25)/b11-7+. The van der Waals surface area contributed by atoms with Crippen molar-refractivity contribution in [3.63, 3.8) is 0 Å². The Hall–Kier alpha value is -2.95. The summed E-state index contributed by atoms with van der Waals surface area (Å²) in [4.78, 5) is 14.6. The summed E-state index contributed by atoms with van der Waals surface area (Å²) in [5.41, 5.74) is 4.25. The van der Waals surface area contributed by atoms with E-state index < -0.39 is 0 Å². The first-order chi connectivity index (χ1) is 13.1. The second-order valence-electron chi connectivity index (χ2n) is 6.34. The number of nitrogens with one attached hydrogen (secondary N) is 1. The molecule has 0 radical (unpaired) electrons. The Balaban J connectivity index is 1.68. The second-order valence-corrected chi connectivity index (χ2v) is 6.34. The Morgan fingerprint density at radius 3 is 2.78 bits per heavy atom. The van der Waals surface area contributed by atoms with Crippen LogP contribution in [0.25, 0.3) is 6.08 Å². The van der Waals surface area contributed by atoms with Crippen molar-refractivity contribution in [3.05, 3.63) is 53.6 Å². The SMILES string of the molecule is CCOc1cc(/C=C/C(=O)Nc2ccc3c(c2)N(CC)CC3)ccc1OC. The molecular weight excluding hydrogens is 340 g/mol. The van der Waals surface area contributed by atoms with Crippen LogP contribution in [0.2, 0.25) is 0 Å². The lowest BCUT2D eigenvalue weighted by molar-refractivity contribution is -0.111. The summed E-state index contributed by atoms with van der Waals surface area (Å²) >= 11 is 0. The van der Waals surface area contributed by atoms with Gasteiger partial charge in [-0.15, -0.1) is 0 Å². The molecule has 2 aromatic carbocycles. The van der Waals surface area contributed by atoms with Crippen molar-refractivity contribution in [2.24, 2.45) is 0 Å². The van der Waals surface area contributed by atoms with Crippen LogP contribution >= 0.6 is 0 Å². The number of hydrogen-bond donors (Lipinski definition) is 1. The van der Waals surface area contributed by atoms with E-state index in [0.29, 0.717) is 18.1 Å². The summed E-state index contributed by atoms with van der Waals surface area (Å²) in [5.74, 6) is 1.18. The number of carbonyl (C=O) groups is 1. The van der Waals surface area contributed by atoms with E-state index in [4.69, 9.17) is 9.47 Å². The molecule has 1 aliphatic rings. The van der Waals surface area contributed by atoms with Crippen LogP contribution in [0, 0.1) is 0 Å². The highest BCUT2D eigenvalue weighted by Crippen LogP contribution is 2.31. The number of hydrogen-bond acceptors (Lipinski definition) is 4. The van der Waals surface area contributed by atoms with Gasteiger partial charge in [-0.25, -0.2) is 0 Å². The molecule has 0 saturated heterocycles. The van der Waals surface area contributed by atoms with Gasteiger partial charge in [-0.1, -0.05) is 12.1 Å². The zero-order valence-corrected chi connectivity index (χ0v) is 16.1. The number of nitrogens with zero attached hydrogens (tertiary/aromatic N) is 1. The Morgan fingerprint density at radius 1 is 1.19 bits per heavy atom. The maximum absolute atomic E-state index is 12.3. The number of anilines is 2. The fraction of sp³-hybridized carbons (Fsp3) is 0.318. The molecule has 0 aromatic heterocycles. The van der Waals surface area contributed by atoms with Crippen molar-refractivity contribution in [3.8, 4) is 11.5 Å². The molecule has 27 heavy (non-hydrogen) atoms. The number of benzene rings is 2. The van der Waals surface area contributed by atoms with Gasteiger partial charge in [-0.05, 0) is 61.7 Å². The largest absolute Gasteiger partial charge is 0.493 e. The van der Waals surface area contributed by atoms with Crippen LogP contribution < -0.4 is 19.7 Å². The molecule has 0 aliphatic carbocycles. The van der Waals surface area contributed by atoms with Crippen LogP contribution in [0.5, 0.6) is 11.5 Å². The number of amides is 1. The third kappa shape index (κ3) is 4.42. The van der Waals surface area contributed by atoms with Crippen molar-refractivity contribution in [1.29, 1.82) is 0 Å². The number of rotatable bonds is 7. The lowest BCUT2D eigenvalue weighted by atomic mass is 10.1. The monoisotopic (exact) mass is 366 g/mol. The van der Waals surface area contributed by atoms with Crippen LogP contribution in [0.15, 0.2) is 42.5 Å². The third-order valence-corrected chi connectivity index (χ3v) is 4.64. The van der Waals surface area contributed by atoms with E-state index in [1.54, 1.807) is 13.2 Å². The highest BCUT2D eigenvalue weighted by Gasteiger charge is 2.17. The zero-order valence-electron chi connectivity index (χ0n) is 16.1. The molecule has 0 saturated carbocycles. The fourth-order valence-corrected chi connectivity index (χ4v) is 3.27. The van der Waals surface area contributed by atoms with Crippen molar-refractivity contribution < 1.29 is 14.3 Å². The number of ether oxygens (including phenoxy) is 2. The molecule has 0 fully saturated rings. The lowest BCUT2D eigenvalue weighted by Gasteiger charge is -2.17. The third-order valence-electron chi connectivity index (χ3n) is 4.64. The Kier molecular flexibility index (Phi) is 6.01. The van der Waals surface area contributed by atoms with E-state index >= 15 is 0 Å². The molecule has 1 N–H and O–H groups in total. The summed E-state index contributed by atoms with van der Waals surface area (Å²) in [6.45, 7) is 6.64. The van der Waals surface area contributed by atoms with Crippen LogP contribution in [-0.2, 0) is 11.2 Å². The van der Waals surface area contributed by atoms with Gasteiger partial charge in [0.15, 0.2) is 11.5 Å². The fourth-order valence-electron chi connectivity index (χ4n) is 3.27. The minimum Gasteiger partial charge on any atom is -0.493 e. The highest BCUT2D eigenvalue weighted by molar-refractivity contribution is 6.02. The number of methoxy groups -OCH3 is 1. The van der Waals surface area contributed by atoms with E-state index in [2.05, 4.69) is 29.3 Å². The molecule has 1 amide bonds. The molecule has 1 heterocycles. The van der Waals surface area contributed by atoms with Crippen molar-refractivity contribution in [1.82, 2.24) is 0 Å². The average Bonchev–Trinajstić information content (AvgIpc) is 3.09. The summed E-state index contributed by atoms with van der Waals surface area (Å²) in [6.07, 6.45) is 4.36. The zero-order chi connectivity index (χ0) is 19.2. The molecule has 2 aromatic rings. The summed E-state index contributed by atoms with van der Waals surface area (Å²) in [6, 6.07) is 11.7. The minimum atomic E-state index is -0.162. The molecule has 0 spiro atoms. The van der Waals surface area contributed by atoms with Crippen molar-refractivity contribution >= 4 is 23.4 Å². The first kappa shape index (κ1) is 18.8. The minimum absolute atomic E-state index is 0.162. The smallest absolute Gasteiger partial charge is 0.248 e. The number of carbonyl (C=O) groups excluding carboxylic acids is 1. The van der Waals surface area contributed by atoms with E-state index in [0.717, 1.165) is 30.8 Å². The second kappa shape index (κ2) is 8.62. The van der Waals surface area contributed by atoms with Crippen LogP contribution in [0.1, 0.15) is 25.0 Å². The number of likely N-dealkylation sites (N-methyl/N-ethyl adjacent to an activating group) is 1. The maximum atomic E-state index is 12.3. The average molecular weight is 366 g/mol. The normalized spacial score (nSPS) is 12.9. The van der Waals surface area contributed by atoms with Gasteiger partial charge in [-0.2, -0.15) is 0 Å². The predicted molar refractivity (Wildman–Crippen MR) is 110 cm³/mol. The van der Waals surface area contributed by atoms with Crippen LogP contribution in [0.4, 0.5) is 11.4 Å². The molecule has 0 unspecified atom stereocenters. The van der Waals surface area contributed by atoms with Gasteiger partial charge in [0, 0.05) is 30.5 Å². The van der Waals surface area contributed by atoms with Crippen LogP contribution in [-0.4, -0.2) is 32.7 Å². The molecule has 5 heteroatoms. The summed E-state index contributed by atoms with van der Waals surface area (Å²) < 4.78 is 10.8. The Bertz CT molecular complexity index is 845. The topological polar surface area (TPSA) is 50.8 Å². The van der Waals surface area contributed by atoms with Crippen molar-refractivity contribution in [2.75, 3.05) is 37.0 Å². The number of fused-ring (bicyclic) bond motifs is 1. The van der Waals surface area contributed by atoms with Gasteiger partial charge in [0.1, 0.15) is 0 Å². The summed E-state index contributed by atoms with van der Waals surface area (Å²) in [7, 11) is 1.61. The maximum Gasteiger partial charge on any atom is 0.248 e. The predicted octanol–water partition coefficient (Wildman–Crippen LogP) is 4.13. The van der Waals surface area contributed by atoms with Crippen LogP contribution in [0.3, 0.4) is 0 Å². The van der Waals surface area contributed by atoms with Gasteiger partial charge in [-0.3, -0.25) is 4.79 Å². The first-order valence-electron chi connectivity index (χ1n) is 9.32. The molecular formula is C22H26N2O3. The van der Waals surface area contributed by atoms with Gasteiger partial charge in [0.05, 0.1) is 13.7 Å². The molecule has 3 rings (SSSR count).